The molecule has 3 N–H and O–H groups in total. The molecule has 0 aliphatic carbocycles. The van der Waals surface area contributed by atoms with Crippen molar-refractivity contribution in [3.8, 4) is 0 Å². The van der Waals surface area contributed by atoms with Crippen molar-refractivity contribution < 1.29 is 0 Å². The van der Waals surface area contributed by atoms with Crippen LogP contribution in [0.2, 0.25) is 0 Å². The highest BCUT2D eigenvalue weighted by Gasteiger charge is 1.90. The van der Waals surface area contributed by atoms with Gasteiger partial charge in [0.2, 0.25) is 0 Å². The summed E-state index contributed by atoms with van der Waals surface area (Å²) in [6.45, 7) is 0.915. The monoisotopic (exact) mass is 140 g/mol. The zero-order valence-corrected chi connectivity index (χ0v) is 6.02. The van der Waals surface area contributed by atoms with Crippen LogP contribution in [0.5, 0.6) is 0 Å². The van der Waals surface area contributed by atoms with Crippen LogP contribution >= 0.6 is 0 Å². The molecule has 1 heterocycles. The van der Waals surface area contributed by atoms with Crippen LogP contribution in [0.1, 0.15) is 5.69 Å². The Morgan fingerprint density at radius 1 is 1.70 bits per heavy atom. The predicted octanol–water partition coefficient (Wildman–Crippen LogP) is -0.324. The molecule has 0 atom stereocenters. The molecule has 1 rings (SSSR count). The molecule has 0 saturated carbocycles. The molecule has 4 heteroatoms. The summed E-state index contributed by atoms with van der Waals surface area (Å²) in [7, 11) is 1.85. The molecule has 0 saturated heterocycles. The lowest BCUT2D eigenvalue weighted by atomic mass is 10.3. The summed E-state index contributed by atoms with van der Waals surface area (Å²) in [5.74, 6) is 0. The van der Waals surface area contributed by atoms with Gasteiger partial charge in [-0.1, -0.05) is 0 Å². The van der Waals surface area contributed by atoms with Crippen LogP contribution in [0.25, 0.3) is 0 Å². The van der Waals surface area contributed by atoms with E-state index in [-0.39, 0.29) is 0 Å². The number of nitrogens with one attached hydrogen (secondary N) is 3. The maximum Gasteiger partial charge on any atom is 0.0921 e. The van der Waals surface area contributed by atoms with E-state index in [0.717, 1.165) is 18.7 Å². The Balaban J connectivity index is 2.15. The summed E-state index contributed by atoms with van der Waals surface area (Å²) in [6.07, 6.45) is 4.49. The Labute approximate surface area is 60.0 Å². The molecule has 56 valence electrons. The van der Waals surface area contributed by atoms with Gasteiger partial charge in [0.05, 0.1) is 6.33 Å². The quantitative estimate of drug-likeness (QED) is 0.397. The van der Waals surface area contributed by atoms with Crippen LogP contribution in [0.3, 0.4) is 0 Å². The molecule has 0 radical (unpaired) electrons. The number of H-pyrrole nitrogens is 1. The summed E-state index contributed by atoms with van der Waals surface area (Å²) < 4.78 is 0. The van der Waals surface area contributed by atoms with Crippen LogP contribution < -0.4 is 10.9 Å². The zero-order valence-electron chi connectivity index (χ0n) is 6.02. The lowest BCUT2D eigenvalue weighted by Gasteiger charge is -1.98. The smallest absolute Gasteiger partial charge is 0.0921 e. The molecule has 0 spiro atoms. The number of hydrogen-bond acceptors (Lipinski definition) is 3. The Morgan fingerprint density at radius 3 is 3.20 bits per heavy atom. The van der Waals surface area contributed by atoms with Gasteiger partial charge in [-0.3, -0.25) is 10.9 Å². The number of aromatic amines is 1. The summed E-state index contributed by atoms with van der Waals surface area (Å²) in [5.41, 5.74) is 6.99. The lowest BCUT2D eigenvalue weighted by Crippen LogP contribution is -2.29. The van der Waals surface area contributed by atoms with Crippen LogP contribution in [0.4, 0.5) is 0 Å². The first-order chi connectivity index (χ1) is 4.93. The summed E-state index contributed by atoms with van der Waals surface area (Å²) in [5, 5.41) is 0. The Kier molecular flexibility index (Phi) is 2.92. The molecule has 0 unspecified atom stereocenters. The largest absolute Gasteiger partial charge is 0.348 e. The third kappa shape index (κ3) is 2.16. The molecular weight excluding hydrogens is 128 g/mol. The lowest BCUT2D eigenvalue weighted by molar-refractivity contribution is 0.594. The van der Waals surface area contributed by atoms with Crippen molar-refractivity contribution >= 4 is 0 Å². The molecule has 0 amide bonds. The second-order valence-electron chi connectivity index (χ2n) is 2.00. The molecule has 0 fully saturated rings. The second-order valence-corrected chi connectivity index (χ2v) is 2.00. The highest BCUT2D eigenvalue weighted by Crippen LogP contribution is 1.89. The fourth-order valence-electron chi connectivity index (χ4n) is 0.744. The molecular formula is C6H12N4. The van der Waals surface area contributed by atoms with Crippen molar-refractivity contribution in [2.75, 3.05) is 13.6 Å². The van der Waals surface area contributed by atoms with Crippen LogP contribution in [-0.2, 0) is 6.42 Å². The van der Waals surface area contributed by atoms with Crippen molar-refractivity contribution in [1.82, 2.24) is 20.8 Å². The fraction of sp³-hybridized carbons (Fsp3) is 0.500. The molecule has 1 aromatic heterocycles. The number of nitrogens with zero attached hydrogens (tertiary/aromatic N) is 1. The van der Waals surface area contributed by atoms with Crippen molar-refractivity contribution in [2.24, 2.45) is 0 Å². The van der Waals surface area contributed by atoms with E-state index in [9.17, 15) is 0 Å². The fourth-order valence-corrected chi connectivity index (χ4v) is 0.744. The summed E-state index contributed by atoms with van der Waals surface area (Å²) in [6, 6.07) is 0. The van der Waals surface area contributed by atoms with E-state index in [4.69, 9.17) is 0 Å². The maximum absolute atomic E-state index is 3.90. The minimum absolute atomic E-state index is 0.915. The van der Waals surface area contributed by atoms with Gasteiger partial charge in [-0.15, -0.1) is 0 Å². The van der Waals surface area contributed by atoms with E-state index in [2.05, 4.69) is 20.8 Å². The highest BCUT2D eigenvalue weighted by molar-refractivity contribution is 4.94. The van der Waals surface area contributed by atoms with Crippen LogP contribution in [0.15, 0.2) is 12.5 Å². The van der Waals surface area contributed by atoms with Gasteiger partial charge >= 0.3 is 0 Å². The van der Waals surface area contributed by atoms with E-state index < -0.39 is 0 Å². The van der Waals surface area contributed by atoms with Crippen molar-refractivity contribution in [3.05, 3.63) is 18.2 Å². The van der Waals surface area contributed by atoms with Gasteiger partial charge in [0, 0.05) is 24.9 Å². The third-order valence-electron chi connectivity index (χ3n) is 1.25. The van der Waals surface area contributed by atoms with Crippen molar-refractivity contribution in [2.45, 2.75) is 6.42 Å². The topological polar surface area (TPSA) is 52.7 Å². The van der Waals surface area contributed by atoms with E-state index >= 15 is 0 Å². The molecule has 0 aliphatic rings. The second kappa shape index (κ2) is 4.03. The normalized spacial score (nSPS) is 10.1. The van der Waals surface area contributed by atoms with Gasteiger partial charge in [-0.2, -0.15) is 0 Å². The molecule has 4 nitrogen and oxygen atoms in total. The first-order valence-electron chi connectivity index (χ1n) is 3.30. The summed E-state index contributed by atoms with van der Waals surface area (Å²) in [4.78, 5) is 6.91. The van der Waals surface area contributed by atoms with Crippen LogP contribution in [-0.4, -0.2) is 23.6 Å². The van der Waals surface area contributed by atoms with E-state index in [0.29, 0.717) is 0 Å². The Bertz CT molecular complexity index is 158. The molecule has 0 aliphatic heterocycles. The highest BCUT2D eigenvalue weighted by atomic mass is 15.3. The molecule has 10 heavy (non-hydrogen) atoms. The van der Waals surface area contributed by atoms with Gasteiger partial charge in [0.15, 0.2) is 0 Å². The number of hydrogen-bond donors (Lipinski definition) is 3. The number of imidazole rings is 1. The third-order valence-corrected chi connectivity index (χ3v) is 1.25. The van der Waals surface area contributed by atoms with E-state index in [1.54, 1.807) is 6.33 Å². The summed E-state index contributed by atoms with van der Waals surface area (Å²) >= 11 is 0. The first kappa shape index (κ1) is 7.24. The van der Waals surface area contributed by atoms with Crippen molar-refractivity contribution in [1.29, 1.82) is 0 Å². The average Bonchev–Trinajstić information content (AvgIpc) is 2.41. The van der Waals surface area contributed by atoms with Gasteiger partial charge < -0.3 is 4.98 Å². The molecule has 0 bridgehead atoms. The number of rotatable bonds is 4. The zero-order chi connectivity index (χ0) is 7.23. The van der Waals surface area contributed by atoms with Gasteiger partial charge in [-0.05, 0) is 7.05 Å². The number of hydrazine groups is 1. The predicted molar refractivity (Wildman–Crippen MR) is 39.4 cm³/mol. The Morgan fingerprint density at radius 2 is 2.60 bits per heavy atom. The number of aromatic nitrogens is 2. The maximum atomic E-state index is 3.90. The average molecular weight is 140 g/mol. The van der Waals surface area contributed by atoms with Gasteiger partial charge in [0.1, 0.15) is 0 Å². The minimum atomic E-state index is 0.915. The first-order valence-corrected chi connectivity index (χ1v) is 3.30. The molecule has 0 aromatic carbocycles. The standard InChI is InChI=1S/C6H12N4/c1-7-10-3-2-6-4-8-5-9-6/h4-5,7,10H,2-3H2,1H3,(H,8,9). The van der Waals surface area contributed by atoms with E-state index in [1.165, 1.54) is 0 Å². The van der Waals surface area contributed by atoms with E-state index in [1.807, 2.05) is 13.2 Å². The SMILES string of the molecule is CNNCCc1cnc[nH]1. The van der Waals surface area contributed by atoms with Crippen LogP contribution in [0, 0.1) is 0 Å². The molecule has 1 aromatic rings. The van der Waals surface area contributed by atoms with Crippen molar-refractivity contribution in [3.63, 3.8) is 0 Å². The van der Waals surface area contributed by atoms with Gasteiger partial charge in [-0.25, -0.2) is 4.98 Å². The minimum Gasteiger partial charge on any atom is -0.348 e. The van der Waals surface area contributed by atoms with Gasteiger partial charge in [0.25, 0.3) is 0 Å². The Hall–Kier alpha value is -0.870.